The van der Waals surface area contributed by atoms with Crippen molar-refractivity contribution in [1.82, 2.24) is 9.55 Å². The molecule has 0 atom stereocenters. The molecule has 2 aromatic rings. The van der Waals surface area contributed by atoms with Gasteiger partial charge in [0.2, 0.25) is 5.95 Å². The number of anilines is 1. The Morgan fingerprint density at radius 1 is 1.25 bits per heavy atom. The maximum atomic E-state index is 5.79. The minimum Gasteiger partial charge on any atom is -0.486 e. The van der Waals surface area contributed by atoms with Crippen LogP contribution in [0.25, 0.3) is 0 Å². The number of hydrogen-bond donors (Lipinski definition) is 1. The second-order valence-electron chi connectivity index (χ2n) is 4.74. The molecule has 0 amide bonds. The van der Waals surface area contributed by atoms with E-state index in [4.69, 9.17) is 15.2 Å². The number of nitrogens with two attached hydrogens (primary N) is 1. The van der Waals surface area contributed by atoms with Gasteiger partial charge in [0, 0.05) is 7.05 Å². The Morgan fingerprint density at radius 3 is 2.70 bits per heavy atom. The van der Waals surface area contributed by atoms with E-state index in [1.807, 2.05) is 23.7 Å². The van der Waals surface area contributed by atoms with Crippen LogP contribution >= 0.6 is 15.9 Å². The van der Waals surface area contributed by atoms with Gasteiger partial charge in [-0.2, -0.15) is 0 Å². The van der Waals surface area contributed by atoms with Gasteiger partial charge in [0.05, 0.1) is 5.69 Å². The van der Waals surface area contributed by atoms with Crippen LogP contribution in [0.3, 0.4) is 0 Å². The van der Waals surface area contributed by atoms with Crippen molar-refractivity contribution in [2.24, 2.45) is 7.05 Å². The third-order valence-electron chi connectivity index (χ3n) is 3.38. The van der Waals surface area contributed by atoms with Gasteiger partial charge in [0.15, 0.2) is 11.5 Å². The van der Waals surface area contributed by atoms with Gasteiger partial charge in [-0.25, -0.2) is 4.98 Å². The Bertz CT molecular complexity index is 640. The molecule has 6 heteroatoms. The molecular formula is C14H16BrN3O2. The molecule has 0 aliphatic carbocycles. The SMILES string of the molecule is Cn1c(N)nc(CCc2ccc3c(c2)OCCO3)c1Br. The summed E-state index contributed by atoms with van der Waals surface area (Å²) in [4.78, 5) is 4.35. The van der Waals surface area contributed by atoms with Crippen molar-refractivity contribution in [1.29, 1.82) is 0 Å². The first-order chi connectivity index (χ1) is 9.65. The van der Waals surface area contributed by atoms with Crippen molar-refractivity contribution < 1.29 is 9.47 Å². The molecule has 2 heterocycles. The van der Waals surface area contributed by atoms with Crippen molar-refractivity contribution in [3.8, 4) is 11.5 Å². The van der Waals surface area contributed by atoms with Gasteiger partial charge in [-0.05, 0) is 46.5 Å². The number of aryl methyl sites for hydroxylation is 2. The summed E-state index contributed by atoms with van der Waals surface area (Å²) in [5, 5.41) is 0. The predicted molar refractivity (Wildman–Crippen MR) is 80.2 cm³/mol. The van der Waals surface area contributed by atoms with Crippen molar-refractivity contribution in [2.75, 3.05) is 18.9 Å². The van der Waals surface area contributed by atoms with Crippen LogP contribution in [0.4, 0.5) is 5.95 Å². The van der Waals surface area contributed by atoms with Crippen LogP contribution in [-0.4, -0.2) is 22.8 Å². The topological polar surface area (TPSA) is 62.3 Å². The zero-order chi connectivity index (χ0) is 14.1. The smallest absolute Gasteiger partial charge is 0.201 e. The molecule has 2 N–H and O–H groups in total. The average molecular weight is 338 g/mol. The van der Waals surface area contributed by atoms with Crippen molar-refractivity contribution in [2.45, 2.75) is 12.8 Å². The fourth-order valence-electron chi connectivity index (χ4n) is 2.22. The lowest BCUT2D eigenvalue weighted by Crippen LogP contribution is -2.15. The van der Waals surface area contributed by atoms with E-state index in [0.717, 1.165) is 34.6 Å². The molecule has 5 nitrogen and oxygen atoms in total. The molecular weight excluding hydrogens is 322 g/mol. The normalized spacial score (nSPS) is 13.5. The first kappa shape index (κ1) is 13.3. The quantitative estimate of drug-likeness (QED) is 0.933. The molecule has 1 aromatic carbocycles. The molecule has 0 radical (unpaired) electrons. The fraction of sp³-hybridized carbons (Fsp3) is 0.357. The predicted octanol–water partition coefficient (Wildman–Crippen LogP) is 2.32. The number of ether oxygens (including phenoxy) is 2. The van der Waals surface area contributed by atoms with E-state index in [1.165, 1.54) is 5.56 Å². The summed E-state index contributed by atoms with van der Waals surface area (Å²) in [6.07, 6.45) is 1.71. The summed E-state index contributed by atoms with van der Waals surface area (Å²) in [5.74, 6) is 2.17. The maximum Gasteiger partial charge on any atom is 0.201 e. The van der Waals surface area contributed by atoms with Crippen LogP contribution in [0, 0.1) is 0 Å². The molecule has 3 rings (SSSR count). The van der Waals surface area contributed by atoms with Crippen LogP contribution in [0.2, 0.25) is 0 Å². The average Bonchev–Trinajstić information content (AvgIpc) is 2.72. The number of nitrogen functional groups attached to an aromatic ring is 1. The summed E-state index contributed by atoms with van der Waals surface area (Å²) in [6.45, 7) is 1.23. The van der Waals surface area contributed by atoms with Crippen LogP contribution in [0.1, 0.15) is 11.3 Å². The van der Waals surface area contributed by atoms with Crippen LogP contribution in [0.5, 0.6) is 11.5 Å². The molecule has 0 saturated heterocycles. The first-order valence-corrected chi connectivity index (χ1v) is 7.29. The standard InChI is InChI=1S/C14H16BrN3O2/c1-18-13(15)10(17-14(18)16)4-2-9-3-5-11-12(8-9)20-7-6-19-11/h3,5,8H,2,4,6-7H2,1H3,(H2,16,17). The summed E-state index contributed by atoms with van der Waals surface area (Å²) < 4.78 is 13.9. The van der Waals surface area contributed by atoms with E-state index in [2.05, 4.69) is 27.0 Å². The zero-order valence-corrected chi connectivity index (χ0v) is 12.8. The molecule has 0 fully saturated rings. The number of imidazole rings is 1. The second kappa shape index (κ2) is 5.36. The summed E-state index contributed by atoms with van der Waals surface area (Å²) in [7, 11) is 1.89. The summed E-state index contributed by atoms with van der Waals surface area (Å²) in [5.41, 5.74) is 7.96. The van der Waals surface area contributed by atoms with E-state index in [-0.39, 0.29) is 0 Å². The Morgan fingerprint density at radius 2 is 2.00 bits per heavy atom. The number of aromatic nitrogens is 2. The Hall–Kier alpha value is -1.69. The molecule has 0 unspecified atom stereocenters. The minimum atomic E-state index is 0.522. The van der Waals surface area contributed by atoms with Crippen LogP contribution < -0.4 is 15.2 Å². The molecule has 1 aliphatic rings. The lowest BCUT2D eigenvalue weighted by atomic mass is 10.1. The third kappa shape index (κ3) is 2.47. The van der Waals surface area contributed by atoms with Gasteiger partial charge < -0.3 is 19.8 Å². The highest BCUT2D eigenvalue weighted by Crippen LogP contribution is 2.31. The van der Waals surface area contributed by atoms with E-state index in [0.29, 0.717) is 19.2 Å². The van der Waals surface area contributed by atoms with Crippen LogP contribution in [-0.2, 0) is 19.9 Å². The number of benzene rings is 1. The highest BCUT2D eigenvalue weighted by atomic mass is 79.9. The van der Waals surface area contributed by atoms with E-state index >= 15 is 0 Å². The van der Waals surface area contributed by atoms with Gasteiger partial charge in [-0.1, -0.05) is 6.07 Å². The lowest BCUT2D eigenvalue weighted by molar-refractivity contribution is 0.171. The molecule has 106 valence electrons. The molecule has 0 saturated carbocycles. The fourth-order valence-corrected chi connectivity index (χ4v) is 2.69. The van der Waals surface area contributed by atoms with E-state index in [9.17, 15) is 0 Å². The molecule has 1 aliphatic heterocycles. The maximum absolute atomic E-state index is 5.79. The van der Waals surface area contributed by atoms with E-state index < -0.39 is 0 Å². The molecule has 1 aromatic heterocycles. The highest BCUT2D eigenvalue weighted by Gasteiger charge is 2.13. The first-order valence-electron chi connectivity index (χ1n) is 6.50. The zero-order valence-electron chi connectivity index (χ0n) is 11.2. The van der Waals surface area contributed by atoms with Crippen molar-refractivity contribution in [3.05, 3.63) is 34.1 Å². The number of fused-ring (bicyclic) bond motifs is 1. The summed E-state index contributed by atoms with van der Waals surface area (Å²) >= 11 is 3.51. The minimum absolute atomic E-state index is 0.522. The number of halogens is 1. The van der Waals surface area contributed by atoms with Gasteiger partial charge >= 0.3 is 0 Å². The van der Waals surface area contributed by atoms with Gasteiger partial charge in [-0.15, -0.1) is 0 Å². The third-order valence-corrected chi connectivity index (χ3v) is 4.37. The molecule has 0 spiro atoms. The Kier molecular flexibility index (Phi) is 3.56. The van der Waals surface area contributed by atoms with E-state index in [1.54, 1.807) is 0 Å². The van der Waals surface area contributed by atoms with Gasteiger partial charge in [0.1, 0.15) is 17.8 Å². The monoisotopic (exact) mass is 337 g/mol. The molecule has 0 bridgehead atoms. The second-order valence-corrected chi connectivity index (χ2v) is 5.50. The lowest BCUT2D eigenvalue weighted by Gasteiger charge is -2.18. The van der Waals surface area contributed by atoms with Gasteiger partial charge in [-0.3, -0.25) is 0 Å². The Balaban J connectivity index is 1.73. The number of hydrogen-bond acceptors (Lipinski definition) is 4. The summed E-state index contributed by atoms with van der Waals surface area (Å²) in [6, 6.07) is 6.06. The largest absolute Gasteiger partial charge is 0.486 e. The number of rotatable bonds is 3. The van der Waals surface area contributed by atoms with Crippen molar-refractivity contribution in [3.63, 3.8) is 0 Å². The highest BCUT2D eigenvalue weighted by molar-refractivity contribution is 9.10. The van der Waals surface area contributed by atoms with Gasteiger partial charge in [0.25, 0.3) is 0 Å². The Labute approximate surface area is 125 Å². The van der Waals surface area contributed by atoms with Crippen LogP contribution in [0.15, 0.2) is 22.8 Å². The van der Waals surface area contributed by atoms with Crippen molar-refractivity contribution >= 4 is 21.9 Å². The number of nitrogens with zero attached hydrogens (tertiary/aromatic N) is 2. The molecule has 20 heavy (non-hydrogen) atoms.